The van der Waals surface area contributed by atoms with Crippen molar-refractivity contribution >= 4 is 12.0 Å². The van der Waals surface area contributed by atoms with E-state index in [1.807, 2.05) is 7.05 Å². The molecule has 4 N–H and O–H groups in total. The Labute approximate surface area is 99.8 Å². The highest BCUT2D eigenvalue weighted by Crippen LogP contribution is 2.24. The molecule has 0 spiro atoms. The van der Waals surface area contributed by atoms with Crippen molar-refractivity contribution in [3.05, 3.63) is 0 Å². The summed E-state index contributed by atoms with van der Waals surface area (Å²) in [5.41, 5.74) is 0. The van der Waals surface area contributed by atoms with Gasteiger partial charge >= 0.3 is 12.0 Å². The Morgan fingerprint density at radius 2 is 2.12 bits per heavy atom. The van der Waals surface area contributed by atoms with Crippen LogP contribution in [0.15, 0.2) is 0 Å². The maximum absolute atomic E-state index is 11.3. The fraction of sp³-hybridized carbons (Fsp3) is 0.800. The molecule has 7 nitrogen and oxygen atoms in total. The van der Waals surface area contributed by atoms with Crippen molar-refractivity contribution < 1.29 is 19.8 Å². The fourth-order valence-electron chi connectivity index (χ4n) is 1.44. The molecule has 1 fully saturated rings. The van der Waals surface area contributed by atoms with Crippen molar-refractivity contribution in [2.75, 3.05) is 26.7 Å². The molecule has 0 bridgehead atoms. The van der Waals surface area contributed by atoms with Crippen LogP contribution in [-0.4, -0.2) is 65.9 Å². The summed E-state index contributed by atoms with van der Waals surface area (Å²) in [5, 5.41) is 22.0. The Kier molecular flexibility index (Phi) is 5.17. The predicted molar refractivity (Wildman–Crippen MR) is 60.7 cm³/mol. The van der Waals surface area contributed by atoms with E-state index < -0.39 is 24.6 Å². The van der Waals surface area contributed by atoms with E-state index >= 15 is 0 Å². The summed E-state index contributed by atoms with van der Waals surface area (Å²) in [6, 6.07) is -1.20. The quantitative estimate of drug-likeness (QED) is 0.452. The van der Waals surface area contributed by atoms with Gasteiger partial charge in [-0.25, -0.2) is 9.59 Å². The number of urea groups is 1. The molecule has 0 aliphatic heterocycles. The zero-order chi connectivity index (χ0) is 12.8. The van der Waals surface area contributed by atoms with E-state index in [1.54, 1.807) is 0 Å². The molecule has 2 amide bonds. The van der Waals surface area contributed by atoms with Crippen molar-refractivity contribution in [3.8, 4) is 0 Å². The molecular weight excluding hydrogens is 226 g/mol. The minimum absolute atomic E-state index is 0.455. The summed E-state index contributed by atoms with van der Waals surface area (Å²) >= 11 is 0. The molecule has 0 saturated heterocycles. The molecule has 7 heteroatoms. The van der Waals surface area contributed by atoms with Crippen LogP contribution >= 0.6 is 0 Å². The van der Waals surface area contributed by atoms with Gasteiger partial charge in [0.25, 0.3) is 0 Å². The van der Waals surface area contributed by atoms with E-state index in [-0.39, 0.29) is 0 Å². The van der Waals surface area contributed by atoms with Gasteiger partial charge in [-0.3, -0.25) is 0 Å². The Balaban J connectivity index is 2.13. The minimum Gasteiger partial charge on any atom is -0.480 e. The molecule has 0 aromatic heterocycles. The van der Waals surface area contributed by atoms with Crippen LogP contribution in [0.4, 0.5) is 4.79 Å². The van der Waals surface area contributed by atoms with E-state index in [9.17, 15) is 9.59 Å². The molecule has 1 rings (SSSR count). The van der Waals surface area contributed by atoms with Crippen molar-refractivity contribution in [3.63, 3.8) is 0 Å². The van der Waals surface area contributed by atoms with Gasteiger partial charge in [0.1, 0.15) is 0 Å². The first-order valence-corrected chi connectivity index (χ1v) is 5.63. The molecule has 0 aromatic carbocycles. The zero-order valence-electron chi connectivity index (χ0n) is 9.85. The monoisotopic (exact) mass is 245 g/mol. The summed E-state index contributed by atoms with van der Waals surface area (Å²) < 4.78 is 0. The number of carboxylic acids is 1. The average molecular weight is 245 g/mol. The minimum atomic E-state index is -1.25. The first-order valence-electron chi connectivity index (χ1n) is 5.63. The zero-order valence-corrected chi connectivity index (χ0v) is 9.85. The molecule has 1 unspecified atom stereocenters. The molecule has 1 atom stereocenters. The van der Waals surface area contributed by atoms with Gasteiger partial charge in [0.15, 0.2) is 6.04 Å². The van der Waals surface area contributed by atoms with Crippen LogP contribution in [0.1, 0.15) is 12.8 Å². The lowest BCUT2D eigenvalue weighted by Crippen LogP contribution is -2.49. The van der Waals surface area contributed by atoms with Gasteiger partial charge in [0.05, 0.1) is 6.61 Å². The van der Waals surface area contributed by atoms with Crippen LogP contribution in [0, 0.1) is 0 Å². The number of nitrogens with one attached hydrogen (secondary N) is 2. The standard InChI is InChI=1S/C10H19N3O4/c1-13(7-2-3-7)5-4-11-10(17)12-8(6-14)9(15)16/h7-8,14H,2-6H2,1H3,(H,15,16)(H2,11,12,17). The highest BCUT2D eigenvalue weighted by Gasteiger charge is 2.25. The summed E-state index contributed by atoms with van der Waals surface area (Å²) in [4.78, 5) is 24.0. The van der Waals surface area contributed by atoms with E-state index in [1.165, 1.54) is 12.8 Å². The Morgan fingerprint density at radius 1 is 1.47 bits per heavy atom. The summed E-state index contributed by atoms with van der Waals surface area (Å²) in [6.45, 7) is 0.566. The van der Waals surface area contributed by atoms with Crippen LogP contribution in [0.2, 0.25) is 0 Å². The average Bonchev–Trinajstić information content (AvgIpc) is 3.08. The number of hydrogen-bond acceptors (Lipinski definition) is 4. The Hall–Kier alpha value is -1.34. The second-order valence-electron chi connectivity index (χ2n) is 4.19. The van der Waals surface area contributed by atoms with Crippen molar-refractivity contribution in [2.45, 2.75) is 24.9 Å². The molecule has 17 heavy (non-hydrogen) atoms. The first kappa shape index (κ1) is 13.7. The van der Waals surface area contributed by atoms with Crippen LogP contribution in [0.3, 0.4) is 0 Å². The molecule has 1 aliphatic carbocycles. The highest BCUT2D eigenvalue weighted by atomic mass is 16.4. The van der Waals surface area contributed by atoms with Gasteiger partial charge < -0.3 is 25.7 Å². The molecule has 0 radical (unpaired) electrons. The number of aliphatic carboxylic acids is 1. The first-order chi connectivity index (χ1) is 8.04. The molecule has 1 saturated carbocycles. The SMILES string of the molecule is CN(CCNC(=O)NC(CO)C(=O)O)C1CC1. The smallest absolute Gasteiger partial charge is 0.328 e. The van der Waals surface area contributed by atoms with Crippen LogP contribution in [0.25, 0.3) is 0 Å². The molecular formula is C10H19N3O4. The van der Waals surface area contributed by atoms with Gasteiger partial charge in [-0.05, 0) is 19.9 Å². The number of aliphatic hydroxyl groups excluding tert-OH is 1. The van der Waals surface area contributed by atoms with E-state index in [2.05, 4.69) is 15.5 Å². The molecule has 0 heterocycles. The van der Waals surface area contributed by atoms with Crippen molar-refractivity contribution in [2.24, 2.45) is 0 Å². The van der Waals surface area contributed by atoms with Crippen LogP contribution in [0.5, 0.6) is 0 Å². The van der Waals surface area contributed by atoms with Gasteiger partial charge in [-0.1, -0.05) is 0 Å². The predicted octanol–water partition coefficient (Wildman–Crippen LogP) is -1.17. The maximum atomic E-state index is 11.3. The van der Waals surface area contributed by atoms with Crippen molar-refractivity contribution in [1.82, 2.24) is 15.5 Å². The van der Waals surface area contributed by atoms with E-state index in [4.69, 9.17) is 10.2 Å². The van der Waals surface area contributed by atoms with Crippen LogP contribution in [-0.2, 0) is 4.79 Å². The Morgan fingerprint density at radius 3 is 2.59 bits per heavy atom. The number of hydrogen-bond donors (Lipinski definition) is 4. The summed E-state index contributed by atoms with van der Waals surface area (Å²) in [7, 11) is 1.99. The van der Waals surface area contributed by atoms with Gasteiger partial charge in [0.2, 0.25) is 0 Å². The fourth-order valence-corrected chi connectivity index (χ4v) is 1.44. The second kappa shape index (κ2) is 6.41. The Bertz CT molecular complexity index is 281. The number of amides is 2. The van der Waals surface area contributed by atoms with Crippen LogP contribution < -0.4 is 10.6 Å². The molecule has 98 valence electrons. The number of carbonyl (C=O) groups is 2. The lowest BCUT2D eigenvalue weighted by atomic mass is 10.3. The number of rotatable bonds is 7. The summed E-state index contributed by atoms with van der Waals surface area (Å²) in [6.07, 6.45) is 2.41. The van der Waals surface area contributed by atoms with Gasteiger partial charge in [-0.15, -0.1) is 0 Å². The third-order valence-electron chi connectivity index (χ3n) is 2.71. The van der Waals surface area contributed by atoms with Crippen molar-refractivity contribution in [1.29, 1.82) is 0 Å². The third kappa shape index (κ3) is 5.01. The number of nitrogens with zero attached hydrogens (tertiary/aromatic N) is 1. The third-order valence-corrected chi connectivity index (χ3v) is 2.71. The molecule has 0 aromatic rings. The second-order valence-corrected chi connectivity index (χ2v) is 4.19. The lowest BCUT2D eigenvalue weighted by Gasteiger charge is -2.17. The normalized spacial score (nSPS) is 16.6. The summed E-state index contributed by atoms with van der Waals surface area (Å²) in [5.74, 6) is -1.25. The topological polar surface area (TPSA) is 102 Å². The maximum Gasteiger partial charge on any atom is 0.328 e. The van der Waals surface area contributed by atoms with E-state index in [0.29, 0.717) is 12.6 Å². The number of aliphatic hydroxyl groups is 1. The number of likely N-dealkylation sites (N-methyl/N-ethyl adjacent to an activating group) is 1. The number of carboxylic acid groups (broad SMARTS) is 1. The van der Waals surface area contributed by atoms with Gasteiger partial charge in [0, 0.05) is 19.1 Å². The van der Waals surface area contributed by atoms with Gasteiger partial charge in [-0.2, -0.15) is 0 Å². The highest BCUT2D eigenvalue weighted by molar-refractivity contribution is 5.82. The van der Waals surface area contributed by atoms with E-state index in [0.717, 1.165) is 6.54 Å². The molecule has 1 aliphatic rings. The largest absolute Gasteiger partial charge is 0.480 e. The number of carbonyl (C=O) groups excluding carboxylic acids is 1. The lowest BCUT2D eigenvalue weighted by molar-refractivity contribution is -0.140.